The lowest BCUT2D eigenvalue weighted by Gasteiger charge is -2.29. The number of carbonyl (C=O) groups excluding carboxylic acids is 1. The van der Waals surface area contributed by atoms with Gasteiger partial charge in [-0.25, -0.2) is 0 Å². The molecule has 0 spiro atoms. The average Bonchev–Trinajstić information content (AvgIpc) is 2.67. The molecule has 5 nitrogen and oxygen atoms in total. The molecule has 0 aromatic heterocycles. The van der Waals surface area contributed by atoms with Gasteiger partial charge >= 0.3 is 6.61 Å². The van der Waals surface area contributed by atoms with Crippen LogP contribution in [0.3, 0.4) is 0 Å². The van der Waals surface area contributed by atoms with E-state index in [0.717, 1.165) is 19.6 Å². The van der Waals surface area contributed by atoms with E-state index >= 15 is 0 Å². The number of likely N-dealkylation sites (tertiary alicyclic amines) is 1. The first-order valence-electron chi connectivity index (χ1n) is 9.88. The predicted octanol–water partition coefficient (Wildman–Crippen LogP) is 3.94. The zero-order valence-corrected chi connectivity index (χ0v) is 16.6. The van der Waals surface area contributed by atoms with Crippen molar-refractivity contribution in [1.29, 1.82) is 0 Å². The first-order valence-corrected chi connectivity index (χ1v) is 9.88. The molecule has 28 heavy (non-hydrogen) atoms. The second-order valence-electron chi connectivity index (χ2n) is 7.06. The number of amides is 1. The lowest BCUT2D eigenvalue weighted by Crippen LogP contribution is -2.37. The van der Waals surface area contributed by atoms with Crippen molar-refractivity contribution in [2.45, 2.75) is 39.7 Å². The molecule has 1 amide bonds. The summed E-state index contributed by atoms with van der Waals surface area (Å²) in [5.41, 5.74) is 0.668. The third-order valence-electron chi connectivity index (χ3n) is 4.55. The van der Waals surface area contributed by atoms with E-state index in [2.05, 4.69) is 21.9 Å². The first-order chi connectivity index (χ1) is 13.5. The SMILES string of the molecule is CCOc1cc(/C=C/C(=O)NCC(C)CN2CCCCC2)ccc1OC(F)F. The molecule has 7 heteroatoms. The van der Waals surface area contributed by atoms with E-state index in [-0.39, 0.29) is 17.4 Å². The number of alkyl halides is 2. The number of nitrogens with one attached hydrogen (secondary N) is 1. The lowest BCUT2D eigenvalue weighted by molar-refractivity contribution is -0.116. The van der Waals surface area contributed by atoms with E-state index < -0.39 is 6.61 Å². The molecule has 1 atom stereocenters. The summed E-state index contributed by atoms with van der Waals surface area (Å²) in [6.45, 7) is 5.19. The maximum absolute atomic E-state index is 12.4. The van der Waals surface area contributed by atoms with E-state index in [1.54, 1.807) is 25.1 Å². The van der Waals surface area contributed by atoms with Gasteiger partial charge in [0.2, 0.25) is 5.91 Å². The zero-order valence-electron chi connectivity index (χ0n) is 16.6. The van der Waals surface area contributed by atoms with Crippen molar-refractivity contribution >= 4 is 12.0 Å². The van der Waals surface area contributed by atoms with Gasteiger partial charge in [-0.3, -0.25) is 4.79 Å². The Kier molecular flexibility index (Phi) is 9.20. The van der Waals surface area contributed by atoms with Gasteiger partial charge in [0.05, 0.1) is 6.61 Å². The Bertz CT molecular complexity index is 647. The Morgan fingerprint density at radius 2 is 2.00 bits per heavy atom. The molecule has 1 aromatic carbocycles. The maximum Gasteiger partial charge on any atom is 0.387 e. The second kappa shape index (κ2) is 11.6. The van der Waals surface area contributed by atoms with E-state index in [9.17, 15) is 13.6 Å². The van der Waals surface area contributed by atoms with Crippen LogP contribution in [-0.2, 0) is 4.79 Å². The summed E-state index contributed by atoms with van der Waals surface area (Å²) in [6, 6.07) is 4.59. The maximum atomic E-state index is 12.4. The summed E-state index contributed by atoms with van der Waals surface area (Å²) in [4.78, 5) is 14.5. The zero-order chi connectivity index (χ0) is 20.4. The highest BCUT2D eigenvalue weighted by Crippen LogP contribution is 2.30. The fraction of sp³-hybridized carbons (Fsp3) is 0.571. The molecule has 0 radical (unpaired) electrons. The van der Waals surface area contributed by atoms with Crippen LogP contribution in [0.5, 0.6) is 11.5 Å². The summed E-state index contributed by atoms with van der Waals surface area (Å²) in [5.74, 6) is 0.396. The Labute approximate surface area is 165 Å². The van der Waals surface area contributed by atoms with Crippen LogP contribution in [0.25, 0.3) is 6.08 Å². The molecule has 1 saturated heterocycles. The highest BCUT2D eigenvalue weighted by Gasteiger charge is 2.14. The van der Waals surface area contributed by atoms with Gasteiger partial charge in [0, 0.05) is 19.2 Å². The van der Waals surface area contributed by atoms with Gasteiger partial charge in [0.1, 0.15) is 0 Å². The number of halogens is 2. The van der Waals surface area contributed by atoms with Crippen molar-refractivity contribution in [3.63, 3.8) is 0 Å². The molecule has 156 valence electrons. The molecule has 1 aromatic rings. The second-order valence-corrected chi connectivity index (χ2v) is 7.06. The van der Waals surface area contributed by atoms with Gasteiger partial charge in [-0.15, -0.1) is 0 Å². The number of rotatable bonds is 10. The summed E-state index contributed by atoms with van der Waals surface area (Å²) >= 11 is 0. The molecule has 1 aliphatic rings. The minimum absolute atomic E-state index is 0.0232. The Morgan fingerprint density at radius 1 is 1.25 bits per heavy atom. The third-order valence-corrected chi connectivity index (χ3v) is 4.55. The molecule has 1 heterocycles. The molecular weight excluding hydrogens is 366 g/mol. The van der Waals surface area contributed by atoms with E-state index in [0.29, 0.717) is 24.6 Å². The van der Waals surface area contributed by atoms with E-state index in [1.165, 1.54) is 31.4 Å². The Hall–Kier alpha value is -2.15. The molecule has 1 aliphatic heterocycles. The molecule has 0 bridgehead atoms. The summed E-state index contributed by atoms with van der Waals surface area (Å²) in [7, 11) is 0. The van der Waals surface area contributed by atoms with Crippen LogP contribution < -0.4 is 14.8 Å². The minimum atomic E-state index is -2.92. The number of ether oxygens (including phenoxy) is 2. The quantitative estimate of drug-likeness (QED) is 0.609. The molecule has 0 saturated carbocycles. The van der Waals surface area contributed by atoms with Gasteiger partial charge in [-0.1, -0.05) is 19.4 Å². The number of benzene rings is 1. The smallest absolute Gasteiger partial charge is 0.387 e. The Morgan fingerprint density at radius 3 is 2.68 bits per heavy atom. The van der Waals surface area contributed by atoms with Crippen LogP contribution >= 0.6 is 0 Å². The van der Waals surface area contributed by atoms with Crippen LogP contribution in [0, 0.1) is 5.92 Å². The largest absolute Gasteiger partial charge is 0.490 e. The van der Waals surface area contributed by atoms with Crippen LogP contribution in [-0.4, -0.2) is 50.2 Å². The Balaban J connectivity index is 1.84. The van der Waals surface area contributed by atoms with Crippen LogP contribution in [0.1, 0.15) is 38.7 Å². The summed E-state index contributed by atoms with van der Waals surface area (Å²) < 4.78 is 34.7. The monoisotopic (exact) mass is 396 g/mol. The highest BCUT2D eigenvalue weighted by atomic mass is 19.3. The number of nitrogens with zero attached hydrogens (tertiary/aromatic N) is 1. The molecule has 2 rings (SSSR count). The molecular formula is C21H30F2N2O3. The fourth-order valence-electron chi connectivity index (χ4n) is 3.24. The van der Waals surface area contributed by atoms with Crippen molar-refractivity contribution < 1.29 is 23.0 Å². The van der Waals surface area contributed by atoms with Gasteiger partial charge in [0.15, 0.2) is 11.5 Å². The van der Waals surface area contributed by atoms with Crippen molar-refractivity contribution in [3.8, 4) is 11.5 Å². The van der Waals surface area contributed by atoms with Gasteiger partial charge in [-0.05, 0) is 62.5 Å². The van der Waals surface area contributed by atoms with Crippen molar-refractivity contribution in [2.75, 3.05) is 32.8 Å². The number of hydrogen-bond acceptors (Lipinski definition) is 4. The van der Waals surface area contributed by atoms with Crippen LogP contribution in [0.4, 0.5) is 8.78 Å². The molecule has 1 N–H and O–H groups in total. The molecule has 1 fully saturated rings. The minimum Gasteiger partial charge on any atom is -0.490 e. The van der Waals surface area contributed by atoms with Gasteiger partial charge in [-0.2, -0.15) is 8.78 Å². The average molecular weight is 396 g/mol. The predicted molar refractivity (Wildman–Crippen MR) is 106 cm³/mol. The number of carbonyl (C=O) groups is 1. The molecule has 1 unspecified atom stereocenters. The molecule has 0 aliphatic carbocycles. The van der Waals surface area contributed by atoms with Crippen LogP contribution in [0.2, 0.25) is 0 Å². The van der Waals surface area contributed by atoms with E-state index in [4.69, 9.17) is 4.74 Å². The fourth-order valence-corrected chi connectivity index (χ4v) is 3.24. The van der Waals surface area contributed by atoms with Crippen molar-refractivity contribution in [2.24, 2.45) is 5.92 Å². The van der Waals surface area contributed by atoms with Gasteiger partial charge < -0.3 is 19.7 Å². The third kappa shape index (κ3) is 7.84. The summed E-state index contributed by atoms with van der Waals surface area (Å²) in [6.07, 6.45) is 6.89. The highest BCUT2D eigenvalue weighted by molar-refractivity contribution is 5.91. The topological polar surface area (TPSA) is 50.8 Å². The van der Waals surface area contributed by atoms with Crippen molar-refractivity contribution in [3.05, 3.63) is 29.8 Å². The first kappa shape index (κ1) is 22.1. The standard InChI is InChI=1S/C21H30F2N2O3/c1-3-27-19-13-17(7-9-18(19)28-21(22)23)8-10-20(26)24-14-16(2)15-25-11-5-4-6-12-25/h7-10,13,16,21H,3-6,11-12,14-15H2,1-2H3,(H,24,26)/b10-8+. The van der Waals surface area contributed by atoms with E-state index in [1.807, 2.05) is 0 Å². The summed E-state index contributed by atoms with van der Waals surface area (Å²) in [5, 5.41) is 2.91. The number of hydrogen-bond donors (Lipinski definition) is 1. The normalized spacial score (nSPS) is 16.3. The lowest BCUT2D eigenvalue weighted by atomic mass is 10.1. The van der Waals surface area contributed by atoms with Crippen molar-refractivity contribution in [1.82, 2.24) is 10.2 Å². The van der Waals surface area contributed by atoms with Gasteiger partial charge in [0.25, 0.3) is 0 Å². The number of piperidine rings is 1. The van der Waals surface area contributed by atoms with Crippen LogP contribution in [0.15, 0.2) is 24.3 Å².